The second kappa shape index (κ2) is 7.89. The highest BCUT2D eigenvalue weighted by Gasteiger charge is 2.35. The molecule has 9 nitrogen and oxygen atoms in total. The molecule has 14 heteroatoms. The molecule has 0 aliphatic heterocycles. The Bertz CT molecular complexity index is 950. The molecule has 6 N–H and O–H groups in total. The maximum atomic E-state index is 13.4. The number of carbonyl (C=O) groups excluding carboxylic acids is 1. The highest BCUT2D eigenvalue weighted by atomic mass is 79.9. The zero-order chi connectivity index (χ0) is 19.9. The van der Waals surface area contributed by atoms with Crippen LogP contribution in [0.15, 0.2) is 23.2 Å². The number of carbonyl (C=O) groups is 1. The Morgan fingerprint density at radius 3 is 2.37 bits per heavy atom. The number of rotatable bonds is 4. The highest BCUT2D eigenvalue weighted by molar-refractivity contribution is 8.93. The van der Waals surface area contributed by atoms with E-state index in [1.165, 1.54) is 7.05 Å². The van der Waals surface area contributed by atoms with Gasteiger partial charge < -0.3 is 30.6 Å². The maximum absolute atomic E-state index is 13.4. The molecular weight excluding hydrogens is 460 g/mol. The molecule has 2 aromatic rings. The van der Waals surface area contributed by atoms with Gasteiger partial charge in [-0.25, -0.2) is 0 Å². The summed E-state index contributed by atoms with van der Waals surface area (Å²) in [6, 6.07) is 2.68. The number of guanidine groups is 1. The van der Waals surface area contributed by atoms with E-state index in [1.54, 1.807) is 0 Å². The van der Waals surface area contributed by atoms with E-state index in [4.69, 9.17) is 26.0 Å². The monoisotopic (exact) mass is 474 g/mol. The molecule has 0 spiro atoms. The summed E-state index contributed by atoms with van der Waals surface area (Å²) in [7, 11) is -3.29. The summed E-state index contributed by atoms with van der Waals surface area (Å²) in [5.41, 5.74) is 8.78. The summed E-state index contributed by atoms with van der Waals surface area (Å²) in [5, 5.41) is -0.322. The number of hydrogen-bond donors (Lipinski definition) is 4. The first kappa shape index (κ1) is 23.0. The number of nitrogens with two attached hydrogens (primary N) is 2. The van der Waals surface area contributed by atoms with Crippen molar-refractivity contribution in [3.63, 3.8) is 0 Å². The molecule has 1 amide bonds. The zero-order valence-electron chi connectivity index (χ0n) is 13.6. The summed E-state index contributed by atoms with van der Waals surface area (Å²) < 4.78 is 56.8. The van der Waals surface area contributed by atoms with Crippen molar-refractivity contribution in [3.8, 4) is 5.75 Å². The Kier molecular flexibility index (Phi) is 6.71. The van der Waals surface area contributed by atoms with Crippen molar-refractivity contribution >= 4 is 47.3 Å². The summed E-state index contributed by atoms with van der Waals surface area (Å²) >= 11 is 0. The molecular formula is C13H15BrF3N4O5P. The summed E-state index contributed by atoms with van der Waals surface area (Å²) in [6.07, 6.45) is -5.91. The van der Waals surface area contributed by atoms with Gasteiger partial charge in [0.05, 0.1) is 11.1 Å². The van der Waals surface area contributed by atoms with Crippen molar-refractivity contribution in [1.82, 2.24) is 4.57 Å². The van der Waals surface area contributed by atoms with Gasteiger partial charge >= 0.3 is 13.8 Å². The first-order valence-electron chi connectivity index (χ1n) is 6.81. The van der Waals surface area contributed by atoms with Crippen molar-refractivity contribution in [2.24, 2.45) is 23.5 Å². The van der Waals surface area contributed by atoms with Gasteiger partial charge in [-0.05, 0) is 12.1 Å². The molecule has 1 aromatic heterocycles. The average Bonchev–Trinajstić information content (AvgIpc) is 2.79. The topological polar surface area (TPSA) is 153 Å². The number of alkyl halides is 3. The Balaban J connectivity index is 0.00000364. The molecule has 0 aliphatic carbocycles. The minimum absolute atomic E-state index is 0. The van der Waals surface area contributed by atoms with Gasteiger partial charge in [0.1, 0.15) is 11.4 Å². The smallest absolute Gasteiger partial charge is 0.417 e. The first-order chi connectivity index (χ1) is 11.8. The van der Waals surface area contributed by atoms with E-state index >= 15 is 0 Å². The molecule has 0 unspecified atom stereocenters. The molecule has 1 heterocycles. The Morgan fingerprint density at radius 1 is 1.30 bits per heavy atom. The fraction of sp³-hybridized carbons (Fsp3) is 0.231. The van der Waals surface area contributed by atoms with Crippen molar-refractivity contribution < 1.29 is 37.1 Å². The van der Waals surface area contributed by atoms with E-state index in [0.717, 1.165) is 16.7 Å². The number of ether oxygens (including phenoxy) is 1. The number of fused-ring (bicyclic) bond motifs is 1. The first-order valence-corrected chi connectivity index (χ1v) is 8.61. The van der Waals surface area contributed by atoms with E-state index < -0.39 is 43.3 Å². The molecule has 0 bridgehead atoms. The number of aliphatic imine (C=N–C) groups is 1. The second-order valence-electron chi connectivity index (χ2n) is 5.27. The Hall–Kier alpha value is -2.08. The minimum Gasteiger partial charge on any atom is -0.481 e. The summed E-state index contributed by atoms with van der Waals surface area (Å²) in [5.74, 6) is -1.92. The van der Waals surface area contributed by atoms with E-state index in [0.29, 0.717) is 6.07 Å². The van der Waals surface area contributed by atoms with E-state index in [9.17, 15) is 22.5 Å². The predicted octanol–water partition coefficient (Wildman–Crippen LogP) is 1.70. The standard InChI is InChI=1S/C13H14F3N4O5P.BrH/c1-20-9-3-6(25-5-26(22,23)24)2-8(13(14,15)16)7(9)4-10(20)11(21)19-12(17)18;/h2-4H,5H2,1H3,(H2,22,23,24)(H4,17,18,19,21);1H. The van der Waals surface area contributed by atoms with Gasteiger partial charge in [0, 0.05) is 18.5 Å². The van der Waals surface area contributed by atoms with Crippen molar-refractivity contribution in [2.75, 3.05) is 6.35 Å². The number of aromatic nitrogens is 1. The second-order valence-corrected chi connectivity index (χ2v) is 6.86. The third kappa shape index (κ3) is 5.45. The van der Waals surface area contributed by atoms with Crippen LogP contribution in [0, 0.1) is 0 Å². The molecule has 0 atom stereocenters. The SMILES string of the molecule is Br.Cn1c(C(=O)N=C(N)N)cc2c(C(F)(F)F)cc(OCP(=O)(O)O)cc21. The molecule has 0 fully saturated rings. The molecule has 150 valence electrons. The molecule has 27 heavy (non-hydrogen) atoms. The van der Waals surface area contributed by atoms with Crippen molar-refractivity contribution in [1.29, 1.82) is 0 Å². The normalized spacial score (nSPS) is 11.8. The van der Waals surface area contributed by atoms with Crippen LogP contribution in [0.2, 0.25) is 0 Å². The van der Waals surface area contributed by atoms with Gasteiger partial charge in [0.25, 0.3) is 5.91 Å². The van der Waals surface area contributed by atoms with Crippen molar-refractivity contribution in [3.05, 3.63) is 29.5 Å². The maximum Gasteiger partial charge on any atom is 0.417 e. The molecule has 1 aromatic carbocycles. The zero-order valence-corrected chi connectivity index (χ0v) is 16.2. The van der Waals surface area contributed by atoms with E-state index in [2.05, 4.69) is 4.99 Å². The van der Waals surface area contributed by atoms with Gasteiger partial charge in [-0.1, -0.05) is 0 Å². The molecule has 0 saturated carbocycles. The summed E-state index contributed by atoms with van der Waals surface area (Å²) in [6.45, 7) is 0. The van der Waals surface area contributed by atoms with Gasteiger partial charge in [-0.2, -0.15) is 18.2 Å². The van der Waals surface area contributed by atoms with Crippen LogP contribution in [-0.4, -0.2) is 32.6 Å². The fourth-order valence-corrected chi connectivity index (χ4v) is 2.58. The van der Waals surface area contributed by atoms with Gasteiger partial charge in [-0.15, -0.1) is 17.0 Å². The van der Waals surface area contributed by atoms with Crippen LogP contribution in [0.4, 0.5) is 13.2 Å². The number of benzene rings is 1. The highest BCUT2D eigenvalue weighted by Crippen LogP contribution is 2.40. The lowest BCUT2D eigenvalue weighted by atomic mass is 10.1. The van der Waals surface area contributed by atoms with E-state index in [-0.39, 0.29) is 33.6 Å². The molecule has 0 radical (unpaired) electrons. The number of amides is 1. The van der Waals surface area contributed by atoms with Gasteiger partial charge in [0.15, 0.2) is 12.3 Å². The number of aryl methyl sites for hydroxylation is 1. The van der Waals surface area contributed by atoms with Crippen LogP contribution in [-0.2, 0) is 17.8 Å². The molecule has 0 saturated heterocycles. The van der Waals surface area contributed by atoms with Crippen LogP contribution in [0.3, 0.4) is 0 Å². The van der Waals surface area contributed by atoms with Crippen LogP contribution < -0.4 is 16.2 Å². The number of halogens is 4. The quantitative estimate of drug-likeness (QED) is 0.298. The minimum atomic E-state index is -4.81. The lowest BCUT2D eigenvalue weighted by Gasteiger charge is -2.13. The van der Waals surface area contributed by atoms with Crippen LogP contribution in [0.25, 0.3) is 10.9 Å². The number of nitrogens with zero attached hydrogens (tertiary/aromatic N) is 2. The average molecular weight is 475 g/mol. The van der Waals surface area contributed by atoms with Crippen molar-refractivity contribution in [2.45, 2.75) is 6.18 Å². The van der Waals surface area contributed by atoms with E-state index in [1.807, 2.05) is 0 Å². The fourth-order valence-electron chi connectivity index (χ4n) is 2.26. The van der Waals surface area contributed by atoms with Crippen LogP contribution in [0.5, 0.6) is 5.75 Å². The van der Waals surface area contributed by atoms with Crippen LogP contribution in [0.1, 0.15) is 16.1 Å². The Labute approximate surface area is 160 Å². The molecule has 0 aliphatic rings. The lowest BCUT2D eigenvalue weighted by molar-refractivity contribution is -0.136. The van der Waals surface area contributed by atoms with Gasteiger partial charge in [-0.3, -0.25) is 9.36 Å². The third-order valence-corrected chi connectivity index (χ3v) is 3.76. The largest absolute Gasteiger partial charge is 0.481 e. The Morgan fingerprint density at radius 2 is 1.89 bits per heavy atom. The lowest BCUT2D eigenvalue weighted by Crippen LogP contribution is -2.24. The number of hydrogen-bond acceptors (Lipinski definition) is 3. The third-order valence-electron chi connectivity index (χ3n) is 3.29. The molecule has 2 rings (SSSR count). The van der Waals surface area contributed by atoms with Crippen LogP contribution >= 0.6 is 24.6 Å². The van der Waals surface area contributed by atoms with Gasteiger partial charge in [0.2, 0.25) is 0 Å². The summed E-state index contributed by atoms with van der Waals surface area (Å²) in [4.78, 5) is 32.9. The predicted molar refractivity (Wildman–Crippen MR) is 95.9 cm³/mol.